The highest BCUT2D eigenvalue weighted by Crippen LogP contribution is 2.33. The van der Waals surface area contributed by atoms with Gasteiger partial charge in [0, 0.05) is 31.2 Å². The monoisotopic (exact) mass is 603 g/mol. The molecule has 4 rings (SSSR count). The van der Waals surface area contributed by atoms with E-state index in [1.807, 2.05) is 0 Å². The number of carbonyl (C=O) groups is 2. The topological polar surface area (TPSA) is 105 Å². The number of benzene rings is 3. The third-order valence-corrected chi connectivity index (χ3v) is 7.94. The van der Waals surface area contributed by atoms with E-state index >= 15 is 0 Å². The van der Waals surface area contributed by atoms with Crippen LogP contribution in [0, 0.1) is 11.6 Å². The van der Waals surface area contributed by atoms with Gasteiger partial charge in [-0.1, -0.05) is 53.9 Å². The van der Waals surface area contributed by atoms with Gasteiger partial charge < -0.3 is 16.8 Å². The summed E-state index contributed by atoms with van der Waals surface area (Å²) in [6.45, 7) is 2.26. The first-order valence-electron chi connectivity index (χ1n) is 13.4. The van der Waals surface area contributed by atoms with Gasteiger partial charge in [-0.2, -0.15) is 0 Å². The zero-order valence-corrected chi connectivity index (χ0v) is 24.0. The number of nitrogens with zero attached hydrogens (tertiary/aromatic N) is 2. The van der Waals surface area contributed by atoms with E-state index in [4.69, 9.17) is 34.7 Å². The van der Waals surface area contributed by atoms with E-state index in [2.05, 4.69) is 10.2 Å². The van der Waals surface area contributed by atoms with Gasteiger partial charge in [0.05, 0.1) is 22.3 Å². The molecule has 0 radical (unpaired) electrons. The van der Waals surface area contributed by atoms with Crippen molar-refractivity contribution in [1.82, 2.24) is 9.80 Å². The molecule has 1 heterocycles. The van der Waals surface area contributed by atoms with Crippen LogP contribution in [0.4, 0.5) is 20.2 Å². The lowest BCUT2D eigenvalue weighted by atomic mass is 9.87. The Morgan fingerprint density at radius 3 is 2.02 bits per heavy atom. The molecule has 41 heavy (non-hydrogen) atoms. The maximum atomic E-state index is 13.5. The quantitative estimate of drug-likeness (QED) is 0.205. The van der Waals surface area contributed by atoms with Gasteiger partial charge in [0.25, 0.3) is 0 Å². The van der Waals surface area contributed by atoms with E-state index in [9.17, 15) is 18.4 Å². The Kier molecular flexibility index (Phi) is 10.6. The minimum Gasteiger partial charge on any atom is -0.399 e. The number of nitrogens with two attached hydrogens (primary N) is 2. The van der Waals surface area contributed by atoms with Crippen molar-refractivity contribution in [3.05, 3.63) is 93.5 Å². The van der Waals surface area contributed by atoms with Gasteiger partial charge in [-0.15, -0.1) is 0 Å². The number of piperazine rings is 1. The Hall–Kier alpha value is -3.24. The van der Waals surface area contributed by atoms with Gasteiger partial charge in [0.2, 0.25) is 11.8 Å². The first-order valence-corrected chi connectivity index (χ1v) is 14.2. The summed E-state index contributed by atoms with van der Waals surface area (Å²) in [5, 5.41) is 3.15. The lowest BCUT2D eigenvalue weighted by Gasteiger charge is -2.39. The lowest BCUT2D eigenvalue weighted by molar-refractivity contribution is -0.127. The maximum Gasteiger partial charge on any atom is 0.238 e. The molecule has 0 aliphatic carbocycles. The Labute approximate surface area is 248 Å². The molecule has 1 aliphatic heterocycles. The van der Waals surface area contributed by atoms with Crippen molar-refractivity contribution in [3.63, 3.8) is 0 Å². The molecule has 0 spiro atoms. The van der Waals surface area contributed by atoms with Gasteiger partial charge in [-0.05, 0) is 66.9 Å². The Morgan fingerprint density at radius 1 is 0.927 bits per heavy atom. The molecular weight excluding hydrogens is 571 g/mol. The van der Waals surface area contributed by atoms with E-state index in [1.54, 1.807) is 29.2 Å². The summed E-state index contributed by atoms with van der Waals surface area (Å²) in [5.74, 6) is -1.47. The molecule has 3 aromatic carbocycles. The van der Waals surface area contributed by atoms with Crippen LogP contribution in [0.15, 0.2) is 60.7 Å². The third kappa shape index (κ3) is 8.39. The predicted octanol–water partition coefficient (Wildman–Crippen LogP) is 5.27. The summed E-state index contributed by atoms with van der Waals surface area (Å²) in [6.07, 6.45) is 2.53. The molecule has 7 nitrogen and oxygen atoms in total. The van der Waals surface area contributed by atoms with Crippen LogP contribution in [0.3, 0.4) is 0 Å². The average molecular weight is 605 g/mol. The largest absolute Gasteiger partial charge is 0.399 e. The van der Waals surface area contributed by atoms with Crippen molar-refractivity contribution < 1.29 is 18.4 Å². The molecule has 0 unspecified atom stereocenters. The minimum atomic E-state index is -0.627. The fraction of sp³-hybridized carbons (Fsp3) is 0.333. The molecule has 218 valence electrons. The van der Waals surface area contributed by atoms with Crippen molar-refractivity contribution in [1.29, 1.82) is 0 Å². The first-order chi connectivity index (χ1) is 19.6. The molecule has 0 bridgehead atoms. The van der Waals surface area contributed by atoms with Crippen LogP contribution in [0.1, 0.15) is 36.3 Å². The normalized spacial score (nSPS) is 16.2. The van der Waals surface area contributed by atoms with Crippen LogP contribution in [0.2, 0.25) is 10.0 Å². The van der Waals surface area contributed by atoms with E-state index in [0.29, 0.717) is 25.3 Å². The number of hydrogen-bond donors (Lipinski definition) is 3. The van der Waals surface area contributed by atoms with Gasteiger partial charge >= 0.3 is 0 Å². The smallest absolute Gasteiger partial charge is 0.238 e. The highest BCUT2D eigenvalue weighted by Gasteiger charge is 2.32. The molecule has 1 saturated heterocycles. The summed E-state index contributed by atoms with van der Waals surface area (Å²) in [6, 6.07) is 15.2. The Balaban J connectivity index is 1.30. The number of primary amides is 1. The number of nitrogen functional groups attached to an aromatic ring is 1. The standard InChI is InChI=1S/C30H33Cl2F2N5O2/c31-25-15-23(35)16-26(32)29(25)37-28(40)18-39-14-13-38(17-27(39)30(36)41)12-2-1-3-24(19-4-8-21(33)9-5-19)20-6-10-22(34)11-7-20/h4-11,15-16,24,27H,1-3,12-14,17-18,35H2,(H2,36,41)(H,37,40)/t27-/m1/s1. The van der Waals surface area contributed by atoms with Gasteiger partial charge in [-0.25, -0.2) is 8.78 Å². The molecule has 1 aliphatic rings. The maximum absolute atomic E-state index is 13.5. The second kappa shape index (κ2) is 14.1. The third-order valence-electron chi connectivity index (χ3n) is 7.34. The van der Waals surface area contributed by atoms with Gasteiger partial charge in [-0.3, -0.25) is 19.4 Å². The molecule has 3 aromatic rings. The second-order valence-electron chi connectivity index (χ2n) is 10.2. The zero-order chi connectivity index (χ0) is 29.5. The molecule has 0 aromatic heterocycles. The summed E-state index contributed by atoms with van der Waals surface area (Å²) >= 11 is 12.4. The number of carbonyl (C=O) groups excluding carboxylic acids is 2. The summed E-state index contributed by atoms with van der Waals surface area (Å²) in [4.78, 5) is 29.0. The molecule has 5 N–H and O–H groups in total. The fourth-order valence-electron chi connectivity index (χ4n) is 5.21. The van der Waals surface area contributed by atoms with Crippen molar-refractivity contribution in [3.8, 4) is 0 Å². The van der Waals surface area contributed by atoms with E-state index in [-0.39, 0.29) is 45.7 Å². The average Bonchev–Trinajstić information content (AvgIpc) is 2.92. The van der Waals surface area contributed by atoms with Crippen LogP contribution < -0.4 is 16.8 Å². The van der Waals surface area contributed by atoms with Gasteiger partial charge in [0.1, 0.15) is 17.7 Å². The molecule has 1 atom stereocenters. The SMILES string of the molecule is NC(=O)[C@H]1CN(CCCCC(c2ccc(F)cc2)c2ccc(F)cc2)CCN1CC(=O)Nc1c(Cl)cc(N)cc1Cl. The molecular formula is C30H33Cl2F2N5O2. The van der Waals surface area contributed by atoms with Crippen molar-refractivity contribution in [2.45, 2.75) is 31.2 Å². The number of amides is 2. The second-order valence-corrected chi connectivity index (χ2v) is 11.1. The van der Waals surface area contributed by atoms with Gasteiger partial charge in [0.15, 0.2) is 0 Å². The molecule has 1 fully saturated rings. The Bertz CT molecular complexity index is 1290. The van der Waals surface area contributed by atoms with Crippen molar-refractivity contribution in [2.75, 3.05) is 43.8 Å². The number of anilines is 2. The van der Waals surface area contributed by atoms with Crippen LogP contribution in [-0.2, 0) is 9.59 Å². The highest BCUT2D eigenvalue weighted by molar-refractivity contribution is 6.40. The fourth-order valence-corrected chi connectivity index (χ4v) is 5.81. The molecule has 2 amide bonds. The van der Waals surface area contributed by atoms with E-state index in [0.717, 1.165) is 36.9 Å². The zero-order valence-electron chi connectivity index (χ0n) is 22.5. The predicted molar refractivity (Wildman–Crippen MR) is 159 cm³/mol. The number of rotatable bonds is 11. The number of halogens is 4. The minimum absolute atomic E-state index is 0.00740. The van der Waals surface area contributed by atoms with E-state index in [1.165, 1.54) is 36.4 Å². The van der Waals surface area contributed by atoms with Crippen LogP contribution in [0.5, 0.6) is 0 Å². The van der Waals surface area contributed by atoms with Crippen molar-refractivity contribution in [2.24, 2.45) is 5.73 Å². The van der Waals surface area contributed by atoms with Crippen molar-refractivity contribution >= 4 is 46.4 Å². The summed E-state index contributed by atoms with van der Waals surface area (Å²) < 4.78 is 27.0. The molecule has 0 saturated carbocycles. The van der Waals surface area contributed by atoms with Crippen LogP contribution in [-0.4, -0.2) is 60.4 Å². The Morgan fingerprint density at radius 2 is 1.49 bits per heavy atom. The highest BCUT2D eigenvalue weighted by atomic mass is 35.5. The molecule has 11 heteroatoms. The number of hydrogen-bond acceptors (Lipinski definition) is 5. The summed E-state index contributed by atoms with van der Waals surface area (Å²) in [5.41, 5.74) is 14.0. The number of unbranched alkanes of at least 4 members (excludes halogenated alkanes) is 1. The van der Waals surface area contributed by atoms with Crippen LogP contribution >= 0.6 is 23.2 Å². The van der Waals surface area contributed by atoms with E-state index < -0.39 is 11.9 Å². The lowest BCUT2D eigenvalue weighted by Crippen LogP contribution is -2.59. The summed E-state index contributed by atoms with van der Waals surface area (Å²) in [7, 11) is 0. The first kappa shape index (κ1) is 30.7. The number of nitrogens with one attached hydrogen (secondary N) is 1. The van der Waals surface area contributed by atoms with Crippen LogP contribution in [0.25, 0.3) is 0 Å².